The topological polar surface area (TPSA) is 165 Å². The molecule has 0 aliphatic rings. The van der Waals surface area contributed by atoms with Crippen LogP contribution in [0.1, 0.15) is 44.1 Å². The number of rotatable bonds is 15. The zero-order valence-corrected chi connectivity index (χ0v) is 19.1. The molecule has 6 N–H and O–H groups in total. The average molecular weight is 549 g/mol. The second-order valence-electron chi connectivity index (χ2n) is 7.03. The zero-order chi connectivity index (χ0) is 23.2. The van der Waals surface area contributed by atoms with Crippen LogP contribution in [-0.4, -0.2) is 57.9 Å². The van der Waals surface area contributed by atoms with Crippen LogP contribution in [0.2, 0.25) is 0 Å². The molecule has 1 rings (SSSR count). The van der Waals surface area contributed by atoms with E-state index in [1.165, 1.54) is 9.13 Å². The number of benzene rings is 1. The van der Waals surface area contributed by atoms with Gasteiger partial charge in [-0.25, -0.2) is 9.59 Å². The molecule has 0 bridgehead atoms. The number of carbonyl (C=O) groups is 4. The lowest BCUT2D eigenvalue weighted by Gasteiger charge is -2.20. The van der Waals surface area contributed by atoms with Gasteiger partial charge in [-0.05, 0) is 66.1 Å². The lowest BCUT2D eigenvalue weighted by molar-refractivity contribution is -0.141. The number of aliphatic carboxylic acids is 3. The van der Waals surface area contributed by atoms with Gasteiger partial charge in [0.15, 0.2) is 0 Å². The summed E-state index contributed by atoms with van der Waals surface area (Å²) in [6.07, 6.45) is 0.881. The smallest absolute Gasteiger partial charge is 0.326 e. The Morgan fingerprint density at radius 2 is 1.58 bits per heavy atom. The summed E-state index contributed by atoms with van der Waals surface area (Å²) < 4.78 is 1.17. The molecule has 0 heterocycles. The molecule has 1 aromatic carbocycles. The van der Waals surface area contributed by atoms with Gasteiger partial charge in [-0.1, -0.05) is 18.6 Å². The quantitative estimate of drug-likeness (QED) is 0.143. The standard InChI is InChI=1S/C20H28IN3O7/c21-14-6-4-13(5-7-14)12-22-10-2-1-3-15(11-18(27)28)23-20(31)24-16(19(29)30)8-9-17(25)26/h4-7,15-16,22H,1-3,8-12H2,(H,25,26)(H,27,28)(H,29,30)(H2,23,24,31)/t15-,16-/m0/s1. The predicted molar refractivity (Wildman–Crippen MR) is 121 cm³/mol. The molecule has 0 spiro atoms. The largest absolute Gasteiger partial charge is 0.481 e. The van der Waals surface area contributed by atoms with E-state index in [2.05, 4.69) is 38.5 Å². The van der Waals surface area contributed by atoms with Crippen molar-refractivity contribution in [2.45, 2.75) is 57.2 Å². The summed E-state index contributed by atoms with van der Waals surface area (Å²) in [6.45, 7) is 1.46. The minimum atomic E-state index is -1.37. The molecule has 10 nitrogen and oxygen atoms in total. The highest BCUT2D eigenvalue weighted by Crippen LogP contribution is 2.08. The van der Waals surface area contributed by atoms with Crippen LogP contribution in [0, 0.1) is 3.57 Å². The SMILES string of the molecule is O=C(O)CC[C@H](NC(=O)N[C@@H](CCCCNCc1ccc(I)cc1)CC(=O)O)C(=O)O. The second kappa shape index (κ2) is 14.6. The number of unbranched alkanes of at least 4 members (excludes halogenated alkanes) is 1. The number of hydrogen-bond acceptors (Lipinski definition) is 5. The van der Waals surface area contributed by atoms with Crippen molar-refractivity contribution in [1.29, 1.82) is 0 Å². The number of urea groups is 1. The summed E-state index contributed by atoms with van der Waals surface area (Å²) in [4.78, 5) is 44.9. The number of nitrogens with one attached hydrogen (secondary N) is 3. The Labute approximate surface area is 193 Å². The highest BCUT2D eigenvalue weighted by atomic mass is 127. The van der Waals surface area contributed by atoms with Crippen molar-refractivity contribution >= 4 is 46.5 Å². The molecule has 0 unspecified atom stereocenters. The third-order valence-corrected chi connectivity index (χ3v) is 5.12. The molecule has 2 atom stereocenters. The van der Waals surface area contributed by atoms with Gasteiger partial charge in [0, 0.05) is 22.6 Å². The normalized spacial score (nSPS) is 12.5. The van der Waals surface area contributed by atoms with E-state index in [0.717, 1.165) is 19.5 Å². The van der Waals surface area contributed by atoms with Gasteiger partial charge in [-0.15, -0.1) is 0 Å². The molecule has 11 heteroatoms. The van der Waals surface area contributed by atoms with Crippen LogP contribution in [0.25, 0.3) is 0 Å². The van der Waals surface area contributed by atoms with Crippen molar-refractivity contribution in [2.75, 3.05) is 6.54 Å². The lowest BCUT2D eigenvalue weighted by Crippen LogP contribution is -2.49. The molecule has 31 heavy (non-hydrogen) atoms. The van der Waals surface area contributed by atoms with Crippen LogP contribution in [0.5, 0.6) is 0 Å². The van der Waals surface area contributed by atoms with Gasteiger partial charge in [0.05, 0.1) is 6.42 Å². The van der Waals surface area contributed by atoms with Crippen molar-refractivity contribution < 1.29 is 34.5 Å². The Bertz CT molecular complexity index is 743. The molecular weight excluding hydrogens is 521 g/mol. The molecule has 0 aliphatic carbocycles. The molecule has 0 saturated heterocycles. The van der Waals surface area contributed by atoms with Crippen molar-refractivity contribution in [3.63, 3.8) is 0 Å². The second-order valence-corrected chi connectivity index (χ2v) is 8.28. The fourth-order valence-corrected chi connectivity index (χ4v) is 3.18. The molecular formula is C20H28IN3O7. The summed E-state index contributed by atoms with van der Waals surface area (Å²) in [5, 5.41) is 34.8. The van der Waals surface area contributed by atoms with E-state index < -0.39 is 42.4 Å². The number of carbonyl (C=O) groups excluding carboxylic acids is 1. The van der Waals surface area contributed by atoms with Crippen LogP contribution in [0.4, 0.5) is 4.79 Å². The maximum atomic E-state index is 12.1. The Morgan fingerprint density at radius 3 is 2.16 bits per heavy atom. The first-order valence-corrected chi connectivity index (χ1v) is 10.9. The molecule has 0 aliphatic heterocycles. The van der Waals surface area contributed by atoms with E-state index in [0.29, 0.717) is 12.8 Å². The first kappa shape index (κ1) is 26.6. The van der Waals surface area contributed by atoms with E-state index in [9.17, 15) is 19.2 Å². The molecule has 2 amide bonds. The van der Waals surface area contributed by atoms with Gasteiger partial charge >= 0.3 is 23.9 Å². The highest BCUT2D eigenvalue weighted by Gasteiger charge is 2.23. The monoisotopic (exact) mass is 549 g/mol. The van der Waals surface area contributed by atoms with E-state index in [1.54, 1.807) is 0 Å². The lowest BCUT2D eigenvalue weighted by atomic mass is 10.1. The molecule has 1 aromatic rings. The highest BCUT2D eigenvalue weighted by molar-refractivity contribution is 14.1. The zero-order valence-electron chi connectivity index (χ0n) is 17.0. The van der Waals surface area contributed by atoms with Crippen molar-refractivity contribution in [3.05, 3.63) is 33.4 Å². The summed E-state index contributed by atoms with van der Waals surface area (Å²) in [6, 6.07) is 5.28. The van der Waals surface area contributed by atoms with Gasteiger partial charge in [-0.2, -0.15) is 0 Å². The van der Waals surface area contributed by atoms with E-state index in [-0.39, 0.29) is 12.8 Å². The Morgan fingerprint density at radius 1 is 0.903 bits per heavy atom. The Balaban J connectivity index is 2.39. The average Bonchev–Trinajstić information content (AvgIpc) is 2.68. The number of halogens is 1. The molecule has 0 saturated carbocycles. The van der Waals surface area contributed by atoms with Crippen LogP contribution in [-0.2, 0) is 20.9 Å². The first-order chi connectivity index (χ1) is 14.7. The Hall–Kier alpha value is -2.41. The number of carboxylic acid groups (broad SMARTS) is 3. The van der Waals surface area contributed by atoms with Gasteiger partial charge in [-0.3, -0.25) is 9.59 Å². The maximum Gasteiger partial charge on any atom is 0.326 e. The van der Waals surface area contributed by atoms with Gasteiger partial charge in [0.25, 0.3) is 0 Å². The van der Waals surface area contributed by atoms with Crippen LogP contribution in [0.15, 0.2) is 24.3 Å². The van der Waals surface area contributed by atoms with Crippen molar-refractivity contribution in [3.8, 4) is 0 Å². The fourth-order valence-electron chi connectivity index (χ4n) is 2.82. The first-order valence-electron chi connectivity index (χ1n) is 9.86. The number of carboxylic acids is 3. The minimum absolute atomic E-state index is 0.270. The van der Waals surface area contributed by atoms with E-state index in [4.69, 9.17) is 15.3 Å². The van der Waals surface area contributed by atoms with Gasteiger partial charge in [0.1, 0.15) is 6.04 Å². The molecule has 172 valence electrons. The van der Waals surface area contributed by atoms with Crippen LogP contribution in [0.3, 0.4) is 0 Å². The van der Waals surface area contributed by atoms with Crippen LogP contribution < -0.4 is 16.0 Å². The fraction of sp³-hybridized carbons (Fsp3) is 0.500. The van der Waals surface area contributed by atoms with Crippen molar-refractivity contribution in [2.24, 2.45) is 0 Å². The summed E-state index contributed by atoms with van der Waals surface area (Å²) >= 11 is 2.24. The third kappa shape index (κ3) is 12.8. The number of amides is 2. The third-order valence-electron chi connectivity index (χ3n) is 4.41. The Kier molecular flexibility index (Phi) is 12.5. The van der Waals surface area contributed by atoms with Gasteiger partial charge in [0.2, 0.25) is 0 Å². The minimum Gasteiger partial charge on any atom is -0.481 e. The van der Waals surface area contributed by atoms with E-state index in [1.807, 2.05) is 24.3 Å². The predicted octanol–water partition coefficient (Wildman–Crippen LogP) is 2.01. The maximum absolute atomic E-state index is 12.1. The van der Waals surface area contributed by atoms with Crippen LogP contribution >= 0.6 is 22.6 Å². The number of hydrogen-bond donors (Lipinski definition) is 6. The molecule has 0 radical (unpaired) electrons. The molecule has 0 fully saturated rings. The van der Waals surface area contributed by atoms with E-state index >= 15 is 0 Å². The molecule has 0 aromatic heterocycles. The van der Waals surface area contributed by atoms with Gasteiger partial charge < -0.3 is 31.3 Å². The van der Waals surface area contributed by atoms with Crippen molar-refractivity contribution in [1.82, 2.24) is 16.0 Å². The summed E-state index contributed by atoms with van der Waals surface area (Å²) in [5.41, 5.74) is 1.17. The summed E-state index contributed by atoms with van der Waals surface area (Å²) in [5.74, 6) is -3.61. The summed E-state index contributed by atoms with van der Waals surface area (Å²) in [7, 11) is 0.